The molecule has 0 spiro atoms. The van der Waals surface area contributed by atoms with Crippen LogP contribution >= 0.6 is 23.1 Å². The molecule has 0 bridgehead atoms. The third-order valence-electron chi connectivity index (χ3n) is 3.04. The van der Waals surface area contributed by atoms with Gasteiger partial charge < -0.3 is 4.74 Å². The molecule has 1 aromatic heterocycles. The molecule has 1 aliphatic heterocycles. The van der Waals surface area contributed by atoms with E-state index in [1.54, 1.807) is 11.3 Å². The number of nitrogens with zero attached hydrogens (tertiary/aromatic N) is 2. The van der Waals surface area contributed by atoms with Gasteiger partial charge in [-0.05, 0) is 13.8 Å². The van der Waals surface area contributed by atoms with Crippen LogP contribution in [-0.2, 0) is 11.3 Å². The number of aromatic nitrogens is 1. The van der Waals surface area contributed by atoms with E-state index in [0.29, 0.717) is 0 Å². The van der Waals surface area contributed by atoms with Crippen LogP contribution in [0.25, 0.3) is 0 Å². The van der Waals surface area contributed by atoms with Crippen LogP contribution < -0.4 is 0 Å². The minimum absolute atomic E-state index is 0.129. The van der Waals surface area contributed by atoms with Crippen LogP contribution in [0.5, 0.6) is 0 Å². The molecule has 1 aromatic rings. The highest BCUT2D eigenvalue weighted by atomic mass is 32.2. The van der Waals surface area contributed by atoms with Crippen molar-refractivity contribution in [2.45, 2.75) is 38.7 Å². The minimum Gasteiger partial charge on any atom is -0.372 e. The SMILES string of the molecule is CCOC(C)c1nc(CN2CCSC(C)C2)cs1. The topological polar surface area (TPSA) is 25.4 Å². The molecule has 3 nitrogen and oxygen atoms in total. The molecule has 2 heterocycles. The largest absolute Gasteiger partial charge is 0.372 e. The summed E-state index contributed by atoms with van der Waals surface area (Å²) in [5.41, 5.74) is 1.20. The highest BCUT2D eigenvalue weighted by Crippen LogP contribution is 2.23. The molecule has 1 fully saturated rings. The monoisotopic (exact) mass is 286 g/mol. The Bertz CT molecular complexity index is 370. The van der Waals surface area contributed by atoms with E-state index in [-0.39, 0.29) is 6.10 Å². The normalized spacial score (nSPS) is 23.2. The van der Waals surface area contributed by atoms with E-state index in [0.717, 1.165) is 23.4 Å². The van der Waals surface area contributed by atoms with Crippen LogP contribution in [0.15, 0.2) is 5.38 Å². The van der Waals surface area contributed by atoms with Gasteiger partial charge in [-0.3, -0.25) is 4.90 Å². The lowest BCUT2D eigenvalue weighted by Crippen LogP contribution is -2.36. The first-order chi connectivity index (χ1) is 8.69. The first-order valence-corrected chi connectivity index (χ1v) is 8.51. The molecule has 0 radical (unpaired) electrons. The average Bonchev–Trinajstić information content (AvgIpc) is 2.78. The molecular formula is C13H22N2OS2. The van der Waals surface area contributed by atoms with E-state index in [9.17, 15) is 0 Å². The maximum Gasteiger partial charge on any atom is 0.122 e. The van der Waals surface area contributed by atoms with Gasteiger partial charge in [0.1, 0.15) is 11.1 Å². The van der Waals surface area contributed by atoms with Gasteiger partial charge in [0.05, 0.1) is 5.69 Å². The minimum atomic E-state index is 0.129. The molecule has 2 atom stereocenters. The van der Waals surface area contributed by atoms with Crippen LogP contribution in [0, 0.1) is 0 Å². The van der Waals surface area contributed by atoms with Crippen molar-refractivity contribution in [1.82, 2.24) is 9.88 Å². The maximum absolute atomic E-state index is 5.58. The van der Waals surface area contributed by atoms with Gasteiger partial charge >= 0.3 is 0 Å². The molecule has 5 heteroatoms. The van der Waals surface area contributed by atoms with E-state index >= 15 is 0 Å². The van der Waals surface area contributed by atoms with Crippen molar-refractivity contribution in [1.29, 1.82) is 0 Å². The molecule has 1 aliphatic rings. The molecule has 0 N–H and O–H groups in total. The fourth-order valence-electron chi connectivity index (χ4n) is 2.17. The number of thioether (sulfide) groups is 1. The Kier molecular flexibility index (Phi) is 5.48. The lowest BCUT2D eigenvalue weighted by atomic mass is 10.3. The number of hydrogen-bond acceptors (Lipinski definition) is 5. The third-order valence-corrected chi connectivity index (χ3v) is 5.24. The lowest BCUT2D eigenvalue weighted by Gasteiger charge is -2.29. The molecule has 2 rings (SSSR count). The summed E-state index contributed by atoms with van der Waals surface area (Å²) in [5, 5.41) is 4.03. The van der Waals surface area contributed by atoms with Gasteiger partial charge in [0.2, 0.25) is 0 Å². The molecular weight excluding hydrogens is 264 g/mol. The summed E-state index contributed by atoms with van der Waals surface area (Å²) in [6, 6.07) is 0. The van der Waals surface area contributed by atoms with Gasteiger partial charge in [-0.1, -0.05) is 6.92 Å². The van der Waals surface area contributed by atoms with Crippen molar-refractivity contribution in [3.63, 3.8) is 0 Å². The fraction of sp³-hybridized carbons (Fsp3) is 0.769. The second-order valence-corrected chi connectivity index (χ2v) is 7.13. The van der Waals surface area contributed by atoms with Crippen molar-refractivity contribution >= 4 is 23.1 Å². The van der Waals surface area contributed by atoms with Gasteiger partial charge in [0.25, 0.3) is 0 Å². The van der Waals surface area contributed by atoms with E-state index in [2.05, 4.69) is 35.9 Å². The molecule has 18 heavy (non-hydrogen) atoms. The first-order valence-electron chi connectivity index (χ1n) is 6.59. The summed E-state index contributed by atoms with van der Waals surface area (Å²) in [4.78, 5) is 7.20. The number of rotatable bonds is 5. The lowest BCUT2D eigenvalue weighted by molar-refractivity contribution is 0.0760. The van der Waals surface area contributed by atoms with Crippen molar-refractivity contribution in [2.75, 3.05) is 25.4 Å². The maximum atomic E-state index is 5.58. The Morgan fingerprint density at radius 1 is 1.61 bits per heavy atom. The van der Waals surface area contributed by atoms with Crippen LogP contribution in [0.1, 0.15) is 37.6 Å². The highest BCUT2D eigenvalue weighted by molar-refractivity contribution is 7.99. The molecule has 102 valence electrons. The van der Waals surface area contributed by atoms with Gasteiger partial charge in [0, 0.05) is 42.6 Å². The summed E-state index contributed by atoms with van der Waals surface area (Å²) in [5.74, 6) is 1.24. The molecule has 1 saturated heterocycles. The quantitative estimate of drug-likeness (QED) is 0.830. The van der Waals surface area contributed by atoms with Gasteiger partial charge in [0.15, 0.2) is 0 Å². The Morgan fingerprint density at radius 3 is 3.17 bits per heavy atom. The number of ether oxygens (including phenoxy) is 1. The number of thiazole rings is 1. The van der Waals surface area contributed by atoms with Crippen LogP contribution in [-0.4, -0.2) is 40.6 Å². The van der Waals surface area contributed by atoms with Crippen molar-refractivity contribution in [3.8, 4) is 0 Å². The summed E-state index contributed by atoms with van der Waals surface area (Å²) in [6.07, 6.45) is 0.129. The molecule has 0 amide bonds. The summed E-state index contributed by atoms with van der Waals surface area (Å²) < 4.78 is 5.58. The van der Waals surface area contributed by atoms with Crippen LogP contribution in [0.4, 0.5) is 0 Å². The van der Waals surface area contributed by atoms with Gasteiger partial charge in [-0.25, -0.2) is 4.98 Å². The van der Waals surface area contributed by atoms with Crippen molar-refractivity contribution in [2.24, 2.45) is 0 Å². The van der Waals surface area contributed by atoms with Crippen molar-refractivity contribution in [3.05, 3.63) is 16.1 Å². The second-order valence-electron chi connectivity index (χ2n) is 4.69. The standard InChI is InChI=1S/C13H22N2OS2/c1-4-16-11(3)13-14-12(9-18-13)8-15-5-6-17-10(2)7-15/h9-11H,4-8H2,1-3H3. The smallest absolute Gasteiger partial charge is 0.122 e. The van der Waals surface area contributed by atoms with Gasteiger partial charge in [-0.2, -0.15) is 11.8 Å². The number of hydrogen-bond donors (Lipinski definition) is 0. The Morgan fingerprint density at radius 2 is 2.44 bits per heavy atom. The first kappa shape index (κ1) is 14.3. The Labute approximate surface area is 118 Å². The van der Waals surface area contributed by atoms with Gasteiger partial charge in [-0.15, -0.1) is 11.3 Å². The predicted octanol–water partition coefficient (Wildman–Crippen LogP) is 3.18. The summed E-state index contributed by atoms with van der Waals surface area (Å²) in [7, 11) is 0. The van der Waals surface area contributed by atoms with E-state index in [1.807, 2.05) is 6.92 Å². The second kappa shape index (κ2) is 6.89. The zero-order valence-electron chi connectivity index (χ0n) is 11.4. The average molecular weight is 286 g/mol. The van der Waals surface area contributed by atoms with Crippen LogP contribution in [0.2, 0.25) is 0 Å². The zero-order valence-corrected chi connectivity index (χ0v) is 13.0. The molecule has 0 saturated carbocycles. The van der Waals surface area contributed by atoms with Crippen LogP contribution in [0.3, 0.4) is 0 Å². The molecule has 0 aliphatic carbocycles. The fourth-order valence-corrected chi connectivity index (χ4v) is 4.06. The zero-order chi connectivity index (χ0) is 13.0. The highest BCUT2D eigenvalue weighted by Gasteiger charge is 2.18. The Balaban J connectivity index is 1.89. The molecule has 2 unspecified atom stereocenters. The summed E-state index contributed by atoms with van der Waals surface area (Å²) >= 11 is 3.79. The van der Waals surface area contributed by atoms with Crippen molar-refractivity contribution < 1.29 is 4.74 Å². The summed E-state index contributed by atoms with van der Waals surface area (Å²) in [6.45, 7) is 10.5. The van der Waals surface area contributed by atoms with E-state index < -0.39 is 0 Å². The Hall–Kier alpha value is -0.100. The molecule has 0 aromatic carbocycles. The van der Waals surface area contributed by atoms with E-state index in [1.165, 1.54) is 24.5 Å². The predicted molar refractivity (Wildman–Crippen MR) is 79.4 cm³/mol. The third kappa shape index (κ3) is 3.95. The van der Waals surface area contributed by atoms with E-state index in [4.69, 9.17) is 9.72 Å².